The van der Waals surface area contributed by atoms with E-state index >= 15 is 0 Å². The number of amides is 1. The van der Waals surface area contributed by atoms with Crippen molar-refractivity contribution in [2.75, 3.05) is 77.1 Å². The SMILES string of the molecule is CC(=O)N1CCC(CN2C3CC2CN(c2ccc(-c4cc(OCCN5CCC6(CC5)OCCO6)cn5ncc(C#N)c45)cn2)C3)CC1. The van der Waals surface area contributed by atoms with Crippen molar-refractivity contribution in [3.63, 3.8) is 0 Å². The average molecular weight is 641 g/mol. The topological polar surface area (TPSA) is 112 Å². The molecule has 9 heterocycles. The second kappa shape index (κ2) is 12.7. The zero-order valence-electron chi connectivity index (χ0n) is 27.2. The van der Waals surface area contributed by atoms with Crippen LogP contribution in [0, 0.1) is 17.2 Å². The molecule has 3 aromatic rings. The largest absolute Gasteiger partial charge is 0.491 e. The van der Waals surface area contributed by atoms with Crippen LogP contribution in [-0.4, -0.2) is 125 Å². The summed E-state index contributed by atoms with van der Waals surface area (Å²) in [6, 6.07) is 9.65. The first kappa shape index (κ1) is 30.6. The van der Waals surface area contributed by atoms with E-state index in [0.29, 0.717) is 49.1 Å². The first-order chi connectivity index (χ1) is 23.0. The van der Waals surface area contributed by atoms with E-state index in [-0.39, 0.29) is 11.7 Å². The molecule has 1 spiro atoms. The van der Waals surface area contributed by atoms with Gasteiger partial charge in [0.25, 0.3) is 0 Å². The number of rotatable bonds is 8. The van der Waals surface area contributed by atoms with Gasteiger partial charge >= 0.3 is 0 Å². The van der Waals surface area contributed by atoms with Gasteiger partial charge in [-0.3, -0.25) is 14.6 Å². The van der Waals surface area contributed by atoms with Crippen LogP contribution in [0.3, 0.4) is 0 Å². The number of pyridine rings is 2. The lowest BCUT2D eigenvalue weighted by Gasteiger charge is -2.57. The maximum atomic E-state index is 11.7. The number of likely N-dealkylation sites (tertiary alicyclic amines) is 2. The standard InChI is InChI=1S/C35H44N8O4/c1-25(44)40-8-4-26(5-9-40)21-42-29-16-30(42)23-41(22-29)33-3-2-27(19-37-33)32-17-31(24-43-34(32)28(18-36)20-38-43)45-13-12-39-10-6-35(7-11-39)46-14-15-47-35/h2-3,17,19-20,24,26,29-30H,4-16,21-23H2,1H3. The van der Waals surface area contributed by atoms with Crippen LogP contribution < -0.4 is 9.64 Å². The van der Waals surface area contributed by atoms with Crippen LogP contribution >= 0.6 is 0 Å². The fourth-order valence-electron chi connectivity index (χ4n) is 8.31. The smallest absolute Gasteiger partial charge is 0.219 e. The van der Waals surface area contributed by atoms with Crippen molar-refractivity contribution in [1.29, 1.82) is 5.26 Å². The third-order valence-electron chi connectivity index (χ3n) is 11.1. The molecule has 6 saturated heterocycles. The lowest BCUT2D eigenvalue weighted by Crippen LogP contribution is -2.69. The molecule has 6 aliphatic rings. The Bertz CT molecular complexity index is 1620. The third-order valence-corrected chi connectivity index (χ3v) is 11.1. The lowest BCUT2D eigenvalue weighted by atomic mass is 9.84. The number of fused-ring (bicyclic) bond motifs is 3. The molecule has 0 N–H and O–H groups in total. The predicted molar refractivity (Wildman–Crippen MR) is 175 cm³/mol. The van der Waals surface area contributed by atoms with Gasteiger partial charge in [-0.15, -0.1) is 0 Å². The molecule has 1 amide bonds. The molecule has 0 aliphatic carbocycles. The lowest BCUT2D eigenvalue weighted by molar-refractivity contribution is -0.185. The van der Waals surface area contributed by atoms with E-state index < -0.39 is 0 Å². The zero-order valence-corrected chi connectivity index (χ0v) is 27.2. The minimum Gasteiger partial charge on any atom is -0.491 e. The van der Waals surface area contributed by atoms with Gasteiger partial charge in [-0.05, 0) is 43.4 Å². The molecule has 2 bridgehead atoms. The first-order valence-electron chi connectivity index (χ1n) is 17.2. The number of piperazine rings is 1. The minimum absolute atomic E-state index is 0.201. The van der Waals surface area contributed by atoms with Crippen LogP contribution in [0.15, 0.2) is 36.8 Å². The van der Waals surface area contributed by atoms with Crippen molar-refractivity contribution in [2.45, 2.75) is 56.9 Å². The van der Waals surface area contributed by atoms with Gasteiger partial charge in [0, 0.05) is 102 Å². The number of hydrogen-bond acceptors (Lipinski definition) is 10. The Hall–Kier alpha value is -3.76. The van der Waals surface area contributed by atoms with Crippen molar-refractivity contribution in [2.24, 2.45) is 5.92 Å². The van der Waals surface area contributed by atoms with Crippen LogP contribution in [0.2, 0.25) is 0 Å². The van der Waals surface area contributed by atoms with Crippen molar-refractivity contribution >= 4 is 17.2 Å². The first-order valence-corrected chi connectivity index (χ1v) is 17.2. The summed E-state index contributed by atoms with van der Waals surface area (Å²) in [4.78, 5) is 26.1. The highest BCUT2D eigenvalue weighted by molar-refractivity contribution is 5.85. The summed E-state index contributed by atoms with van der Waals surface area (Å²) < 4.78 is 19.7. The summed E-state index contributed by atoms with van der Waals surface area (Å²) in [6.07, 6.45) is 10.6. The molecule has 3 aromatic heterocycles. The van der Waals surface area contributed by atoms with Crippen LogP contribution in [0.4, 0.5) is 5.82 Å². The Balaban J connectivity index is 0.904. The molecule has 2 atom stereocenters. The summed E-state index contributed by atoms with van der Waals surface area (Å²) in [6.45, 7) is 11.2. The Kier molecular flexibility index (Phi) is 8.25. The van der Waals surface area contributed by atoms with Gasteiger partial charge in [-0.25, -0.2) is 9.50 Å². The molecule has 12 nitrogen and oxygen atoms in total. The molecule has 9 rings (SSSR count). The fourth-order valence-corrected chi connectivity index (χ4v) is 8.31. The van der Waals surface area contributed by atoms with Crippen LogP contribution in [0.25, 0.3) is 16.6 Å². The Morgan fingerprint density at radius 2 is 1.85 bits per heavy atom. The van der Waals surface area contributed by atoms with E-state index in [2.05, 4.69) is 38.0 Å². The van der Waals surface area contributed by atoms with Crippen molar-refractivity contribution in [3.8, 4) is 22.9 Å². The minimum atomic E-state index is -0.371. The molecule has 6 fully saturated rings. The number of anilines is 1. The summed E-state index contributed by atoms with van der Waals surface area (Å²) >= 11 is 0. The van der Waals surface area contributed by atoms with Gasteiger partial charge in [-0.1, -0.05) is 0 Å². The van der Waals surface area contributed by atoms with Crippen LogP contribution in [0.1, 0.15) is 44.6 Å². The van der Waals surface area contributed by atoms with Crippen LogP contribution in [0.5, 0.6) is 5.75 Å². The number of aromatic nitrogens is 3. The molecule has 47 heavy (non-hydrogen) atoms. The number of nitriles is 1. The second-order valence-electron chi connectivity index (χ2n) is 13.9. The van der Waals surface area contributed by atoms with E-state index in [0.717, 1.165) is 101 Å². The molecular weight excluding hydrogens is 596 g/mol. The summed E-state index contributed by atoms with van der Waals surface area (Å²) in [5.74, 6) is 2.21. The Morgan fingerprint density at radius 3 is 2.53 bits per heavy atom. The molecular formula is C35H44N8O4. The predicted octanol–water partition coefficient (Wildman–Crippen LogP) is 3.01. The highest BCUT2D eigenvalue weighted by atomic mass is 16.7. The highest BCUT2D eigenvalue weighted by Gasteiger charge is 2.45. The van der Waals surface area contributed by atoms with Gasteiger partial charge in [0.05, 0.1) is 36.7 Å². The molecule has 0 aromatic carbocycles. The Morgan fingerprint density at radius 1 is 1.09 bits per heavy atom. The zero-order chi connectivity index (χ0) is 32.0. The summed E-state index contributed by atoms with van der Waals surface area (Å²) in [5, 5.41) is 14.3. The molecule has 2 unspecified atom stereocenters. The molecule has 0 saturated carbocycles. The molecule has 12 heteroatoms. The van der Waals surface area contributed by atoms with E-state index in [1.807, 2.05) is 23.4 Å². The average Bonchev–Trinajstić information content (AvgIpc) is 3.75. The van der Waals surface area contributed by atoms with Gasteiger partial charge in [0.2, 0.25) is 5.91 Å². The summed E-state index contributed by atoms with van der Waals surface area (Å²) in [7, 11) is 0. The number of hydrogen-bond donors (Lipinski definition) is 0. The molecule has 0 radical (unpaired) electrons. The van der Waals surface area contributed by atoms with E-state index in [1.54, 1.807) is 17.6 Å². The fraction of sp³-hybridized carbons (Fsp3) is 0.600. The quantitative estimate of drug-likeness (QED) is 0.364. The number of carbonyl (C=O) groups excluding carboxylic acids is 1. The van der Waals surface area contributed by atoms with E-state index in [1.165, 1.54) is 6.42 Å². The maximum Gasteiger partial charge on any atom is 0.219 e. The van der Waals surface area contributed by atoms with Gasteiger partial charge < -0.3 is 24.0 Å². The van der Waals surface area contributed by atoms with Gasteiger partial charge in [0.1, 0.15) is 24.2 Å². The van der Waals surface area contributed by atoms with Gasteiger partial charge in [-0.2, -0.15) is 10.4 Å². The van der Waals surface area contributed by atoms with E-state index in [4.69, 9.17) is 19.2 Å². The normalized spacial score (nSPS) is 24.9. The van der Waals surface area contributed by atoms with E-state index in [9.17, 15) is 10.1 Å². The van der Waals surface area contributed by atoms with Crippen molar-refractivity contribution in [3.05, 3.63) is 42.4 Å². The summed E-state index contributed by atoms with van der Waals surface area (Å²) in [5.41, 5.74) is 3.10. The number of carbonyl (C=O) groups is 1. The van der Waals surface area contributed by atoms with Crippen molar-refractivity contribution in [1.82, 2.24) is 29.3 Å². The van der Waals surface area contributed by atoms with Crippen molar-refractivity contribution < 1.29 is 19.0 Å². The van der Waals surface area contributed by atoms with Gasteiger partial charge in [0.15, 0.2) is 5.79 Å². The Labute approximate surface area is 275 Å². The number of piperidine rings is 3. The monoisotopic (exact) mass is 640 g/mol. The van der Waals surface area contributed by atoms with Crippen LogP contribution in [-0.2, 0) is 14.3 Å². The second-order valence-corrected chi connectivity index (χ2v) is 13.9. The number of ether oxygens (including phenoxy) is 3. The third kappa shape index (κ3) is 6.06. The molecule has 6 aliphatic heterocycles. The molecule has 248 valence electrons. The highest BCUT2D eigenvalue weighted by Crippen LogP contribution is 2.37. The number of nitrogens with zero attached hydrogens (tertiary/aromatic N) is 8. The maximum absolute atomic E-state index is 11.7.